The van der Waals surface area contributed by atoms with Crippen molar-refractivity contribution in [1.29, 1.82) is 0 Å². The van der Waals surface area contributed by atoms with Crippen molar-refractivity contribution >= 4 is 5.97 Å². The summed E-state index contributed by atoms with van der Waals surface area (Å²) in [5, 5.41) is 4.46. The van der Waals surface area contributed by atoms with Crippen molar-refractivity contribution in [2.24, 2.45) is 5.73 Å². The summed E-state index contributed by atoms with van der Waals surface area (Å²) in [6, 6.07) is 1.70. The van der Waals surface area contributed by atoms with Gasteiger partial charge in [-0.3, -0.25) is 9.48 Å². The molecule has 1 aromatic heterocycles. The summed E-state index contributed by atoms with van der Waals surface area (Å²) < 4.78 is 6.83. The average molecular weight is 253 g/mol. The van der Waals surface area contributed by atoms with Crippen LogP contribution in [-0.4, -0.2) is 28.4 Å². The third kappa shape index (κ3) is 3.84. The van der Waals surface area contributed by atoms with Crippen molar-refractivity contribution in [2.45, 2.75) is 52.1 Å². The van der Waals surface area contributed by atoms with E-state index >= 15 is 0 Å². The minimum Gasteiger partial charge on any atom is -0.465 e. The highest BCUT2D eigenvalue weighted by Gasteiger charge is 2.17. The second-order valence-electron chi connectivity index (χ2n) is 4.32. The Morgan fingerprint density at radius 3 is 2.67 bits per heavy atom. The van der Waals surface area contributed by atoms with E-state index in [0.717, 1.165) is 18.5 Å². The third-order valence-corrected chi connectivity index (χ3v) is 3.00. The number of aromatic nitrogens is 2. The van der Waals surface area contributed by atoms with Gasteiger partial charge < -0.3 is 10.5 Å². The zero-order valence-corrected chi connectivity index (χ0v) is 11.4. The number of hydrogen-bond acceptors (Lipinski definition) is 4. The van der Waals surface area contributed by atoms with Gasteiger partial charge in [0.05, 0.1) is 18.3 Å². The molecule has 1 unspecified atom stereocenters. The van der Waals surface area contributed by atoms with Crippen LogP contribution in [0.4, 0.5) is 0 Å². The maximum atomic E-state index is 11.4. The van der Waals surface area contributed by atoms with E-state index in [1.54, 1.807) is 6.92 Å². The fourth-order valence-electron chi connectivity index (χ4n) is 1.91. The molecule has 0 spiro atoms. The molecule has 5 nitrogen and oxygen atoms in total. The fraction of sp³-hybridized carbons (Fsp3) is 0.692. The minimum absolute atomic E-state index is 0.356. The monoisotopic (exact) mass is 253 g/mol. The summed E-state index contributed by atoms with van der Waals surface area (Å²) in [7, 11) is 0. The molecular weight excluding hydrogens is 230 g/mol. The van der Waals surface area contributed by atoms with Crippen molar-refractivity contribution in [3.05, 3.63) is 18.0 Å². The molecule has 1 heterocycles. The molecule has 0 amide bonds. The molecule has 18 heavy (non-hydrogen) atoms. The molecule has 1 aromatic rings. The molecule has 0 aromatic carbocycles. The standard InChI is InChI=1S/C13H23N3O2/c1-4-11(5-2)16-8-7-10(15-16)9-12(14)13(17)18-6-3/h7-8,11-12H,4-6,9,14H2,1-3H3. The number of esters is 1. The SMILES string of the molecule is CCOC(=O)C(N)Cc1ccn(C(CC)CC)n1. The van der Waals surface area contributed by atoms with Gasteiger partial charge in [0.2, 0.25) is 0 Å². The lowest BCUT2D eigenvalue weighted by Crippen LogP contribution is -2.34. The molecule has 1 rings (SSSR count). The molecule has 0 aliphatic carbocycles. The van der Waals surface area contributed by atoms with Crippen molar-refractivity contribution in [2.75, 3.05) is 6.61 Å². The largest absolute Gasteiger partial charge is 0.465 e. The predicted molar refractivity (Wildman–Crippen MR) is 70.2 cm³/mol. The van der Waals surface area contributed by atoms with Crippen LogP contribution in [-0.2, 0) is 16.0 Å². The summed E-state index contributed by atoms with van der Waals surface area (Å²) >= 11 is 0. The topological polar surface area (TPSA) is 70.1 Å². The van der Waals surface area contributed by atoms with Crippen LogP contribution in [0.5, 0.6) is 0 Å². The maximum absolute atomic E-state index is 11.4. The molecule has 0 saturated carbocycles. The zero-order valence-electron chi connectivity index (χ0n) is 11.4. The number of carbonyl (C=O) groups excluding carboxylic acids is 1. The smallest absolute Gasteiger partial charge is 0.323 e. The average Bonchev–Trinajstić information content (AvgIpc) is 2.79. The molecule has 0 radical (unpaired) electrons. The summed E-state index contributed by atoms with van der Waals surface area (Å²) in [5.41, 5.74) is 6.60. The molecule has 0 aliphatic rings. The summed E-state index contributed by atoms with van der Waals surface area (Å²) in [5.74, 6) is -0.366. The first-order valence-electron chi connectivity index (χ1n) is 6.58. The molecule has 5 heteroatoms. The Morgan fingerprint density at radius 1 is 1.44 bits per heavy atom. The Labute approximate surface area is 108 Å². The van der Waals surface area contributed by atoms with Gasteiger partial charge in [-0.15, -0.1) is 0 Å². The van der Waals surface area contributed by atoms with Crippen molar-refractivity contribution in [3.63, 3.8) is 0 Å². The lowest BCUT2D eigenvalue weighted by atomic mass is 10.2. The first-order chi connectivity index (χ1) is 8.62. The number of nitrogens with two attached hydrogens (primary N) is 1. The van der Waals surface area contributed by atoms with Crippen LogP contribution in [0.3, 0.4) is 0 Å². The van der Waals surface area contributed by atoms with E-state index in [1.165, 1.54) is 0 Å². The molecular formula is C13H23N3O2. The molecule has 102 valence electrons. The first-order valence-corrected chi connectivity index (χ1v) is 6.58. The Kier molecular flexibility index (Phi) is 5.85. The highest BCUT2D eigenvalue weighted by Crippen LogP contribution is 2.14. The molecule has 0 fully saturated rings. The Balaban J connectivity index is 2.61. The van der Waals surface area contributed by atoms with Crippen molar-refractivity contribution in [1.82, 2.24) is 9.78 Å². The van der Waals surface area contributed by atoms with Gasteiger partial charge in [-0.2, -0.15) is 5.10 Å². The Hall–Kier alpha value is -1.36. The van der Waals surface area contributed by atoms with E-state index in [2.05, 4.69) is 18.9 Å². The van der Waals surface area contributed by atoms with Gasteiger partial charge in [0.25, 0.3) is 0 Å². The predicted octanol–water partition coefficient (Wildman–Crippen LogP) is 1.68. The summed E-state index contributed by atoms with van der Waals surface area (Å²) in [4.78, 5) is 11.4. The highest BCUT2D eigenvalue weighted by atomic mass is 16.5. The van der Waals surface area contributed by atoms with E-state index in [0.29, 0.717) is 19.1 Å². The van der Waals surface area contributed by atoms with Gasteiger partial charge in [-0.05, 0) is 25.8 Å². The normalized spacial score (nSPS) is 12.7. The van der Waals surface area contributed by atoms with Gasteiger partial charge in [-0.25, -0.2) is 0 Å². The van der Waals surface area contributed by atoms with Crippen LogP contribution in [0.25, 0.3) is 0 Å². The maximum Gasteiger partial charge on any atom is 0.323 e. The van der Waals surface area contributed by atoms with E-state index < -0.39 is 6.04 Å². The number of nitrogens with zero attached hydrogens (tertiary/aromatic N) is 2. The van der Waals surface area contributed by atoms with E-state index in [9.17, 15) is 4.79 Å². The van der Waals surface area contributed by atoms with Gasteiger partial charge >= 0.3 is 5.97 Å². The molecule has 0 saturated heterocycles. The van der Waals surface area contributed by atoms with Gasteiger partial charge in [0.15, 0.2) is 0 Å². The number of hydrogen-bond donors (Lipinski definition) is 1. The quantitative estimate of drug-likeness (QED) is 0.750. The zero-order chi connectivity index (χ0) is 13.5. The van der Waals surface area contributed by atoms with Crippen molar-refractivity contribution < 1.29 is 9.53 Å². The molecule has 1 atom stereocenters. The summed E-state index contributed by atoms with van der Waals surface area (Å²) in [6.45, 7) is 6.40. The molecule has 0 aliphatic heterocycles. The van der Waals surface area contributed by atoms with Crippen LogP contribution in [0, 0.1) is 0 Å². The minimum atomic E-state index is -0.630. The molecule has 0 bridgehead atoms. The number of rotatable bonds is 7. The Bertz CT molecular complexity index is 372. The van der Waals surface area contributed by atoms with Crippen LogP contribution in [0.2, 0.25) is 0 Å². The van der Waals surface area contributed by atoms with Crippen LogP contribution < -0.4 is 5.73 Å². The fourth-order valence-corrected chi connectivity index (χ4v) is 1.91. The lowest BCUT2D eigenvalue weighted by molar-refractivity contribution is -0.144. The van der Waals surface area contributed by atoms with Crippen LogP contribution >= 0.6 is 0 Å². The van der Waals surface area contributed by atoms with E-state index in [-0.39, 0.29) is 5.97 Å². The number of ether oxygens (including phenoxy) is 1. The second-order valence-corrected chi connectivity index (χ2v) is 4.32. The van der Waals surface area contributed by atoms with E-state index in [4.69, 9.17) is 10.5 Å². The van der Waals surface area contributed by atoms with Gasteiger partial charge in [0, 0.05) is 12.6 Å². The number of carbonyl (C=O) groups is 1. The van der Waals surface area contributed by atoms with Gasteiger partial charge in [-0.1, -0.05) is 13.8 Å². The molecule has 2 N–H and O–H groups in total. The lowest BCUT2D eigenvalue weighted by Gasteiger charge is -2.13. The Morgan fingerprint density at radius 2 is 2.11 bits per heavy atom. The highest BCUT2D eigenvalue weighted by molar-refractivity contribution is 5.75. The van der Waals surface area contributed by atoms with Crippen molar-refractivity contribution in [3.8, 4) is 0 Å². The van der Waals surface area contributed by atoms with Crippen LogP contribution in [0.1, 0.15) is 45.3 Å². The van der Waals surface area contributed by atoms with E-state index in [1.807, 2.05) is 16.9 Å². The third-order valence-electron chi connectivity index (χ3n) is 3.00. The first kappa shape index (κ1) is 14.7. The summed E-state index contributed by atoms with van der Waals surface area (Å²) in [6.07, 6.45) is 4.46. The van der Waals surface area contributed by atoms with Crippen LogP contribution in [0.15, 0.2) is 12.3 Å². The second kappa shape index (κ2) is 7.16. The van der Waals surface area contributed by atoms with Gasteiger partial charge in [0.1, 0.15) is 6.04 Å².